The van der Waals surface area contributed by atoms with E-state index in [1.54, 1.807) is 38.1 Å². The van der Waals surface area contributed by atoms with Gasteiger partial charge in [0.25, 0.3) is 0 Å². The summed E-state index contributed by atoms with van der Waals surface area (Å²) >= 11 is 0. The molecule has 1 aliphatic carbocycles. The molecule has 0 atom stereocenters. The summed E-state index contributed by atoms with van der Waals surface area (Å²) < 4.78 is 58.8. The maximum absolute atomic E-state index is 12.3. The molecule has 0 saturated heterocycles. The summed E-state index contributed by atoms with van der Waals surface area (Å²) in [5.41, 5.74) is 1.63. The van der Waals surface area contributed by atoms with Crippen LogP contribution in [0.5, 0.6) is 0 Å². The maximum Gasteiger partial charge on any atom is 0.339 e. The zero-order chi connectivity index (χ0) is 22.1. The number of hydrogen-bond donors (Lipinski definition) is 0. The Hall–Kier alpha value is -3.24. The van der Waals surface area contributed by atoms with E-state index in [1.165, 1.54) is 24.3 Å². The van der Waals surface area contributed by atoms with Gasteiger partial charge < -0.3 is 8.37 Å². The molecule has 0 amide bonds. The minimum Gasteiger partial charge on any atom is -0.375 e. The summed E-state index contributed by atoms with van der Waals surface area (Å²) in [5.74, 6) is -3.58. The minimum absolute atomic E-state index is 0.206. The van der Waals surface area contributed by atoms with E-state index in [9.17, 15) is 26.4 Å². The van der Waals surface area contributed by atoms with Crippen molar-refractivity contribution in [2.45, 2.75) is 23.6 Å². The summed E-state index contributed by atoms with van der Waals surface area (Å²) in [4.78, 5) is 24.0. The molecule has 1 aliphatic rings. The average Bonchev–Trinajstić information content (AvgIpc) is 2.66. The van der Waals surface area contributed by atoms with Crippen LogP contribution in [-0.4, -0.2) is 28.4 Å². The van der Waals surface area contributed by atoms with Crippen molar-refractivity contribution in [3.63, 3.8) is 0 Å². The number of ketones is 2. The second-order valence-corrected chi connectivity index (χ2v) is 9.54. The van der Waals surface area contributed by atoms with E-state index in [0.717, 1.165) is 11.1 Å². The lowest BCUT2D eigenvalue weighted by molar-refractivity contribution is -0.117. The van der Waals surface area contributed by atoms with Crippen LogP contribution in [0.4, 0.5) is 0 Å². The average molecular weight is 448 g/mol. The number of carbonyl (C=O) groups excluding carboxylic acids is 2. The van der Waals surface area contributed by atoms with Crippen molar-refractivity contribution >= 4 is 31.8 Å². The van der Waals surface area contributed by atoms with Crippen LogP contribution in [0.15, 0.2) is 82.0 Å². The number of rotatable bonds is 6. The molecule has 3 rings (SSSR count). The predicted molar refractivity (Wildman–Crippen MR) is 105 cm³/mol. The van der Waals surface area contributed by atoms with Gasteiger partial charge in [0.2, 0.25) is 11.6 Å². The SMILES string of the molecule is Cc1ccc(S(=O)(=O)OC2=CC(=O)C(OS(=O)(=O)c3ccc(C)cc3)=CC2=O)cc1. The standard InChI is InChI=1S/C20H16O8S2/c1-13-3-7-15(8-4-13)29(23,24)27-19-11-18(22)20(12-17(19)21)28-30(25,26)16-9-5-14(2)6-10-16/h3-12H,1-2H3. The lowest BCUT2D eigenvalue weighted by Gasteiger charge is -2.14. The molecule has 2 aromatic carbocycles. The maximum atomic E-state index is 12.3. The number of benzene rings is 2. The molecule has 156 valence electrons. The smallest absolute Gasteiger partial charge is 0.339 e. The molecule has 0 aromatic heterocycles. The van der Waals surface area contributed by atoms with Crippen molar-refractivity contribution in [2.75, 3.05) is 0 Å². The highest BCUT2D eigenvalue weighted by Crippen LogP contribution is 2.23. The van der Waals surface area contributed by atoms with Gasteiger partial charge >= 0.3 is 20.2 Å². The van der Waals surface area contributed by atoms with Crippen LogP contribution in [0.25, 0.3) is 0 Å². The van der Waals surface area contributed by atoms with Crippen LogP contribution in [0.2, 0.25) is 0 Å². The highest BCUT2D eigenvalue weighted by Gasteiger charge is 2.30. The third kappa shape index (κ3) is 4.66. The van der Waals surface area contributed by atoms with Crippen molar-refractivity contribution < 1.29 is 34.8 Å². The number of carbonyl (C=O) groups is 2. The van der Waals surface area contributed by atoms with E-state index >= 15 is 0 Å². The third-order valence-electron chi connectivity index (χ3n) is 4.03. The molecule has 8 nitrogen and oxygen atoms in total. The van der Waals surface area contributed by atoms with Gasteiger partial charge in [-0.3, -0.25) is 9.59 Å². The van der Waals surface area contributed by atoms with Crippen LogP contribution < -0.4 is 0 Å². The molecule has 0 unspecified atom stereocenters. The summed E-state index contributed by atoms with van der Waals surface area (Å²) in [6.45, 7) is 3.53. The summed E-state index contributed by atoms with van der Waals surface area (Å²) in [6, 6.07) is 11.3. The van der Waals surface area contributed by atoms with Crippen LogP contribution in [-0.2, 0) is 38.2 Å². The van der Waals surface area contributed by atoms with Gasteiger partial charge in [0, 0.05) is 12.2 Å². The molecule has 10 heteroatoms. The summed E-state index contributed by atoms with van der Waals surface area (Å²) in [5, 5.41) is 0. The molecular weight excluding hydrogens is 432 g/mol. The first-order valence-corrected chi connectivity index (χ1v) is 11.3. The Bertz CT molecular complexity index is 1180. The molecular formula is C20H16O8S2. The molecule has 30 heavy (non-hydrogen) atoms. The van der Waals surface area contributed by atoms with E-state index in [0.29, 0.717) is 12.2 Å². The first-order chi connectivity index (χ1) is 14.0. The summed E-state index contributed by atoms with van der Waals surface area (Å²) in [6.07, 6.45) is 1.15. The Kier molecular flexibility index (Phi) is 5.64. The van der Waals surface area contributed by atoms with Crippen LogP contribution in [0, 0.1) is 13.8 Å². The second-order valence-electron chi connectivity index (χ2n) is 6.45. The fraction of sp³-hybridized carbons (Fsp3) is 0.100. The van der Waals surface area contributed by atoms with Gasteiger partial charge in [-0.2, -0.15) is 16.8 Å². The molecule has 0 N–H and O–H groups in total. The van der Waals surface area contributed by atoms with Crippen LogP contribution in [0.1, 0.15) is 11.1 Å². The Morgan fingerprint density at radius 3 is 1.17 bits per heavy atom. The van der Waals surface area contributed by atoms with Gasteiger partial charge in [0.15, 0.2) is 11.5 Å². The predicted octanol–water partition coefficient (Wildman–Crippen LogP) is 2.33. The molecule has 0 aliphatic heterocycles. The van der Waals surface area contributed by atoms with E-state index in [1.807, 2.05) is 0 Å². The molecule has 0 radical (unpaired) electrons. The monoisotopic (exact) mass is 448 g/mol. The Morgan fingerprint density at radius 2 is 0.867 bits per heavy atom. The zero-order valence-corrected chi connectivity index (χ0v) is 17.5. The van der Waals surface area contributed by atoms with Crippen molar-refractivity contribution in [3.8, 4) is 0 Å². The zero-order valence-electron chi connectivity index (χ0n) is 15.9. The fourth-order valence-corrected chi connectivity index (χ4v) is 4.26. The van der Waals surface area contributed by atoms with Crippen molar-refractivity contribution in [1.82, 2.24) is 0 Å². The second kappa shape index (κ2) is 7.88. The van der Waals surface area contributed by atoms with Crippen LogP contribution in [0.3, 0.4) is 0 Å². The Morgan fingerprint density at radius 1 is 0.567 bits per heavy atom. The van der Waals surface area contributed by atoms with Gasteiger partial charge in [0.1, 0.15) is 9.79 Å². The van der Waals surface area contributed by atoms with Gasteiger partial charge in [0.05, 0.1) is 0 Å². The van der Waals surface area contributed by atoms with Crippen molar-refractivity contribution in [1.29, 1.82) is 0 Å². The Labute approximate surface area is 173 Å². The highest BCUT2D eigenvalue weighted by molar-refractivity contribution is 7.87. The first kappa shape index (κ1) is 21.5. The normalized spacial score (nSPS) is 14.7. The number of aryl methyl sites for hydroxylation is 2. The molecule has 0 heterocycles. The Balaban J connectivity index is 1.80. The van der Waals surface area contributed by atoms with Gasteiger partial charge in [-0.25, -0.2) is 0 Å². The highest BCUT2D eigenvalue weighted by atomic mass is 32.2. The lowest BCUT2D eigenvalue weighted by Crippen LogP contribution is -2.21. The number of allylic oxidation sites excluding steroid dienone is 2. The quantitative estimate of drug-likeness (QED) is 0.488. The van der Waals surface area contributed by atoms with E-state index in [-0.39, 0.29) is 9.79 Å². The van der Waals surface area contributed by atoms with Gasteiger partial charge in [-0.15, -0.1) is 0 Å². The largest absolute Gasteiger partial charge is 0.375 e. The van der Waals surface area contributed by atoms with Crippen molar-refractivity contribution in [3.05, 3.63) is 83.3 Å². The van der Waals surface area contributed by atoms with E-state index in [4.69, 9.17) is 8.37 Å². The van der Waals surface area contributed by atoms with Gasteiger partial charge in [-0.1, -0.05) is 35.4 Å². The number of hydrogen-bond acceptors (Lipinski definition) is 8. The molecule has 0 fully saturated rings. The topological polar surface area (TPSA) is 121 Å². The van der Waals surface area contributed by atoms with Crippen LogP contribution >= 0.6 is 0 Å². The molecule has 0 saturated carbocycles. The van der Waals surface area contributed by atoms with E-state index in [2.05, 4.69) is 0 Å². The third-order valence-corrected chi connectivity index (χ3v) is 6.53. The minimum atomic E-state index is -4.36. The van der Waals surface area contributed by atoms with Crippen molar-refractivity contribution in [2.24, 2.45) is 0 Å². The summed E-state index contributed by atoms with van der Waals surface area (Å²) in [7, 11) is -8.72. The molecule has 2 aromatic rings. The first-order valence-electron chi connectivity index (χ1n) is 8.52. The van der Waals surface area contributed by atoms with Gasteiger partial charge in [-0.05, 0) is 38.1 Å². The molecule has 0 spiro atoms. The lowest BCUT2D eigenvalue weighted by atomic mass is 10.1. The van der Waals surface area contributed by atoms with E-state index < -0.39 is 43.3 Å². The molecule has 0 bridgehead atoms. The fourth-order valence-electron chi connectivity index (χ4n) is 2.40.